The lowest BCUT2D eigenvalue weighted by atomic mass is 10.2. The molecule has 1 aromatic carbocycles. The van der Waals surface area contributed by atoms with Gasteiger partial charge in [0.05, 0.1) is 18.5 Å². The van der Waals surface area contributed by atoms with Crippen LogP contribution in [0.5, 0.6) is 0 Å². The second-order valence-corrected chi connectivity index (χ2v) is 6.25. The van der Waals surface area contributed by atoms with Crippen molar-refractivity contribution in [1.82, 2.24) is 9.71 Å². The molecule has 5 nitrogen and oxygen atoms in total. The molecule has 1 N–H and O–H groups in total. The van der Waals surface area contributed by atoms with Crippen LogP contribution in [0.3, 0.4) is 0 Å². The first-order valence-corrected chi connectivity index (χ1v) is 7.61. The predicted octanol–water partition coefficient (Wildman–Crippen LogP) is 2.26. The van der Waals surface area contributed by atoms with E-state index in [0.717, 1.165) is 0 Å². The summed E-state index contributed by atoms with van der Waals surface area (Å²) in [6, 6.07) is 6.83. The standard InChI is InChI=1S/C12H13ClN2O3S/c1-9-6-14-12(18-9)7-15-19(16,17)8-10-4-2-3-5-11(10)13/h2-6,15H,7-8H2,1H3. The van der Waals surface area contributed by atoms with Crippen molar-refractivity contribution in [3.05, 3.63) is 52.7 Å². The van der Waals surface area contributed by atoms with Gasteiger partial charge in [0.2, 0.25) is 15.9 Å². The van der Waals surface area contributed by atoms with Crippen molar-refractivity contribution >= 4 is 21.6 Å². The van der Waals surface area contributed by atoms with Gasteiger partial charge in [0.15, 0.2) is 0 Å². The first-order valence-electron chi connectivity index (χ1n) is 5.58. The zero-order valence-corrected chi connectivity index (χ0v) is 11.8. The number of nitrogens with one attached hydrogen (secondary N) is 1. The number of oxazole rings is 1. The van der Waals surface area contributed by atoms with Crippen LogP contribution in [0.15, 0.2) is 34.9 Å². The Balaban J connectivity index is 2.01. The molecule has 0 aliphatic heterocycles. The molecular formula is C12H13ClN2O3S. The van der Waals surface area contributed by atoms with E-state index in [-0.39, 0.29) is 12.3 Å². The van der Waals surface area contributed by atoms with E-state index < -0.39 is 10.0 Å². The fourth-order valence-corrected chi connectivity index (χ4v) is 2.91. The van der Waals surface area contributed by atoms with Crippen LogP contribution in [0.4, 0.5) is 0 Å². The van der Waals surface area contributed by atoms with Crippen LogP contribution in [0.2, 0.25) is 5.02 Å². The quantitative estimate of drug-likeness (QED) is 0.919. The predicted molar refractivity (Wildman–Crippen MR) is 72.2 cm³/mol. The molecule has 102 valence electrons. The molecule has 0 bridgehead atoms. The van der Waals surface area contributed by atoms with E-state index >= 15 is 0 Å². The third-order valence-electron chi connectivity index (χ3n) is 2.42. The summed E-state index contributed by atoms with van der Waals surface area (Å²) >= 11 is 5.93. The summed E-state index contributed by atoms with van der Waals surface area (Å²) in [6.45, 7) is 1.77. The Bertz CT molecular complexity index is 667. The average molecular weight is 301 g/mol. The molecule has 0 fully saturated rings. The number of rotatable bonds is 5. The van der Waals surface area contributed by atoms with Crippen molar-refractivity contribution in [2.24, 2.45) is 0 Å². The number of aryl methyl sites for hydroxylation is 1. The fourth-order valence-electron chi connectivity index (χ4n) is 1.53. The highest BCUT2D eigenvalue weighted by Crippen LogP contribution is 2.17. The van der Waals surface area contributed by atoms with Crippen molar-refractivity contribution in [3.63, 3.8) is 0 Å². The van der Waals surface area contributed by atoms with Gasteiger partial charge in [-0.25, -0.2) is 18.1 Å². The van der Waals surface area contributed by atoms with Gasteiger partial charge < -0.3 is 4.42 Å². The average Bonchev–Trinajstić information content (AvgIpc) is 2.76. The summed E-state index contributed by atoms with van der Waals surface area (Å²) < 4.78 is 31.4. The molecule has 0 atom stereocenters. The van der Waals surface area contributed by atoms with E-state index in [9.17, 15) is 8.42 Å². The number of hydrogen-bond acceptors (Lipinski definition) is 4. The summed E-state index contributed by atoms with van der Waals surface area (Å²) in [5.41, 5.74) is 0.556. The van der Waals surface area contributed by atoms with Crippen LogP contribution < -0.4 is 4.72 Å². The van der Waals surface area contributed by atoms with Crippen molar-refractivity contribution < 1.29 is 12.8 Å². The van der Waals surface area contributed by atoms with Crippen LogP contribution in [0.1, 0.15) is 17.2 Å². The SMILES string of the molecule is Cc1cnc(CNS(=O)(=O)Cc2ccccc2Cl)o1. The normalized spacial score (nSPS) is 11.7. The van der Waals surface area contributed by atoms with Crippen molar-refractivity contribution in [1.29, 1.82) is 0 Å². The van der Waals surface area contributed by atoms with E-state index in [2.05, 4.69) is 9.71 Å². The monoisotopic (exact) mass is 300 g/mol. The van der Waals surface area contributed by atoms with Gasteiger partial charge in [0, 0.05) is 5.02 Å². The summed E-state index contributed by atoms with van der Waals surface area (Å²) in [4.78, 5) is 3.92. The highest BCUT2D eigenvalue weighted by molar-refractivity contribution is 7.88. The smallest absolute Gasteiger partial charge is 0.216 e. The molecule has 0 unspecified atom stereocenters. The molecule has 1 aromatic heterocycles. The number of halogens is 1. The number of hydrogen-bond donors (Lipinski definition) is 1. The van der Waals surface area contributed by atoms with Gasteiger partial charge in [-0.2, -0.15) is 0 Å². The summed E-state index contributed by atoms with van der Waals surface area (Å²) in [6.07, 6.45) is 1.54. The zero-order chi connectivity index (χ0) is 13.9. The molecule has 0 saturated heterocycles. The first kappa shape index (κ1) is 14.0. The van der Waals surface area contributed by atoms with Crippen molar-refractivity contribution in [3.8, 4) is 0 Å². The molecule has 2 aromatic rings. The number of benzene rings is 1. The third kappa shape index (κ3) is 4.05. The van der Waals surface area contributed by atoms with E-state index in [1.165, 1.54) is 6.20 Å². The Morgan fingerprint density at radius 3 is 2.74 bits per heavy atom. The second kappa shape index (κ2) is 5.73. The third-order valence-corrected chi connectivity index (χ3v) is 4.06. The molecular weight excluding hydrogens is 288 g/mol. The van der Waals surface area contributed by atoms with Gasteiger partial charge in [-0.3, -0.25) is 0 Å². The van der Waals surface area contributed by atoms with Crippen LogP contribution in [0.25, 0.3) is 0 Å². The number of aromatic nitrogens is 1. The van der Waals surface area contributed by atoms with Gasteiger partial charge in [-0.15, -0.1) is 0 Å². The molecule has 1 heterocycles. The molecule has 0 aliphatic rings. The van der Waals surface area contributed by atoms with Crippen molar-refractivity contribution in [2.45, 2.75) is 19.2 Å². The Labute approximate surface area is 116 Å². The second-order valence-electron chi connectivity index (χ2n) is 4.04. The summed E-state index contributed by atoms with van der Waals surface area (Å²) in [5.74, 6) is 0.798. The zero-order valence-electron chi connectivity index (χ0n) is 10.3. The largest absolute Gasteiger partial charge is 0.445 e. The number of sulfonamides is 1. The molecule has 0 amide bonds. The van der Waals surface area contributed by atoms with E-state index in [1.54, 1.807) is 31.2 Å². The van der Waals surface area contributed by atoms with E-state index in [4.69, 9.17) is 16.0 Å². The maximum absolute atomic E-state index is 11.9. The first-order chi connectivity index (χ1) is 8.96. The van der Waals surface area contributed by atoms with Gasteiger partial charge >= 0.3 is 0 Å². The Morgan fingerprint density at radius 2 is 2.11 bits per heavy atom. The fraction of sp³-hybridized carbons (Fsp3) is 0.250. The maximum atomic E-state index is 11.9. The number of nitrogens with zero attached hydrogens (tertiary/aromatic N) is 1. The van der Waals surface area contributed by atoms with Gasteiger partial charge in [-0.05, 0) is 18.6 Å². The van der Waals surface area contributed by atoms with Gasteiger partial charge in [0.1, 0.15) is 5.76 Å². The summed E-state index contributed by atoms with van der Waals surface area (Å²) in [7, 11) is -3.48. The van der Waals surface area contributed by atoms with Crippen LogP contribution in [0, 0.1) is 6.92 Å². The Morgan fingerprint density at radius 1 is 1.37 bits per heavy atom. The van der Waals surface area contributed by atoms with E-state index in [0.29, 0.717) is 22.2 Å². The van der Waals surface area contributed by atoms with E-state index in [1.807, 2.05) is 0 Å². The lowest BCUT2D eigenvalue weighted by molar-refractivity contribution is 0.463. The van der Waals surface area contributed by atoms with Crippen LogP contribution in [-0.2, 0) is 22.3 Å². The lowest BCUT2D eigenvalue weighted by Gasteiger charge is -2.06. The molecule has 0 spiro atoms. The highest BCUT2D eigenvalue weighted by Gasteiger charge is 2.14. The van der Waals surface area contributed by atoms with Gasteiger partial charge in [-0.1, -0.05) is 29.8 Å². The molecule has 19 heavy (non-hydrogen) atoms. The topological polar surface area (TPSA) is 72.2 Å². The Kier molecular flexibility index (Phi) is 4.24. The van der Waals surface area contributed by atoms with Crippen LogP contribution in [-0.4, -0.2) is 13.4 Å². The molecule has 2 rings (SSSR count). The molecule has 0 aliphatic carbocycles. The van der Waals surface area contributed by atoms with Gasteiger partial charge in [0.25, 0.3) is 0 Å². The Hall–Kier alpha value is -1.37. The minimum Gasteiger partial charge on any atom is -0.445 e. The molecule has 0 radical (unpaired) electrons. The molecule has 7 heteroatoms. The minimum atomic E-state index is -3.48. The lowest BCUT2D eigenvalue weighted by Crippen LogP contribution is -2.25. The van der Waals surface area contributed by atoms with Crippen LogP contribution >= 0.6 is 11.6 Å². The minimum absolute atomic E-state index is 0.0284. The maximum Gasteiger partial charge on any atom is 0.216 e. The molecule has 0 saturated carbocycles. The highest BCUT2D eigenvalue weighted by atomic mass is 35.5. The summed E-state index contributed by atoms with van der Waals surface area (Å²) in [5, 5.41) is 0.430. The van der Waals surface area contributed by atoms with Crippen molar-refractivity contribution in [2.75, 3.05) is 0 Å².